The van der Waals surface area contributed by atoms with Crippen LogP contribution in [0.25, 0.3) is 11.5 Å². The van der Waals surface area contributed by atoms with Gasteiger partial charge in [-0.2, -0.15) is 0 Å². The van der Waals surface area contributed by atoms with Crippen LogP contribution in [0.3, 0.4) is 0 Å². The fraction of sp³-hybridized carbons (Fsp3) is 0.200. The lowest BCUT2D eigenvalue weighted by Crippen LogP contribution is -2.15. The molecule has 1 amide bonds. The van der Waals surface area contributed by atoms with E-state index in [1.807, 2.05) is 18.2 Å². The van der Waals surface area contributed by atoms with Gasteiger partial charge in [0.2, 0.25) is 11.8 Å². The van der Waals surface area contributed by atoms with Crippen molar-refractivity contribution in [1.29, 1.82) is 0 Å². The predicted octanol–water partition coefficient (Wildman–Crippen LogP) is 4.50. The molecule has 1 N–H and O–H groups in total. The fourth-order valence-corrected chi connectivity index (χ4v) is 2.83. The second-order valence-corrected chi connectivity index (χ2v) is 6.20. The van der Waals surface area contributed by atoms with Crippen LogP contribution in [0.15, 0.2) is 46.9 Å². The van der Waals surface area contributed by atoms with E-state index in [0.29, 0.717) is 45.1 Å². The number of ether oxygens (including phenoxy) is 2. The zero-order valence-electron chi connectivity index (χ0n) is 15.2. The van der Waals surface area contributed by atoms with Gasteiger partial charge in [-0.3, -0.25) is 4.79 Å². The maximum absolute atomic E-state index is 12.4. The standard InChI is InChI=1S/C20H19ClN2O4/c1-12-16(23-20(27-12)14-6-4-5-7-15(14)21)11-19(24)22-13-8-9-17(25-2)18(10-13)26-3/h4-10H,11H2,1-3H3,(H,22,24). The van der Waals surface area contributed by atoms with Crippen molar-refractivity contribution < 1.29 is 18.7 Å². The number of hydrogen-bond acceptors (Lipinski definition) is 5. The van der Waals surface area contributed by atoms with Crippen molar-refractivity contribution in [2.45, 2.75) is 13.3 Å². The Kier molecular flexibility index (Phi) is 5.66. The van der Waals surface area contributed by atoms with E-state index in [4.69, 9.17) is 25.5 Å². The van der Waals surface area contributed by atoms with Gasteiger partial charge in [-0.15, -0.1) is 0 Å². The maximum atomic E-state index is 12.4. The first-order valence-electron chi connectivity index (χ1n) is 8.25. The van der Waals surface area contributed by atoms with Crippen LogP contribution in [0, 0.1) is 6.92 Å². The van der Waals surface area contributed by atoms with Gasteiger partial charge >= 0.3 is 0 Å². The lowest BCUT2D eigenvalue weighted by molar-refractivity contribution is -0.115. The molecule has 27 heavy (non-hydrogen) atoms. The van der Waals surface area contributed by atoms with Crippen LogP contribution in [0.5, 0.6) is 11.5 Å². The minimum Gasteiger partial charge on any atom is -0.493 e. The van der Waals surface area contributed by atoms with Crippen LogP contribution in [-0.4, -0.2) is 25.1 Å². The molecule has 0 aliphatic heterocycles. The van der Waals surface area contributed by atoms with E-state index in [2.05, 4.69) is 10.3 Å². The second-order valence-electron chi connectivity index (χ2n) is 5.80. The summed E-state index contributed by atoms with van der Waals surface area (Å²) in [6.07, 6.45) is 0.0775. The molecule has 0 bridgehead atoms. The molecule has 0 aliphatic rings. The minimum absolute atomic E-state index is 0.0775. The van der Waals surface area contributed by atoms with Crippen molar-refractivity contribution >= 4 is 23.2 Å². The van der Waals surface area contributed by atoms with Crippen molar-refractivity contribution in [2.75, 3.05) is 19.5 Å². The number of halogens is 1. The fourth-order valence-electron chi connectivity index (χ4n) is 2.61. The lowest BCUT2D eigenvalue weighted by atomic mass is 10.2. The molecule has 0 unspecified atom stereocenters. The number of oxazole rings is 1. The number of anilines is 1. The topological polar surface area (TPSA) is 73.6 Å². The maximum Gasteiger partial charge on any atom is 0.230 e. The van der Waals surface area contributed by atoms with E-state index >= 15 is 0 Å². The number of methoxy groups -OCH3 is 2. The average Bonchev–Trinajstić information content (AvgIpc) is 3.02. The van der Waals surface area contributed by atoms with Crippen LogP contribution >= 0.6 is 11.6 Å². The molecule has 2 aromatic carbocycles. The van der Waals surface area contributed by atoms with Gasteiger partial charge in [-0.05, 0) is 31.2 Å². The smallest absolute Gasteiger partial charge is 0.230 e. The molecule has 1 aromatic heterocycles. The largest absolute Gasteiger partial charge is 0.493 e. The lowest BCUT2D eigenvalue weighted by Gasteiger charge is -2.10. The normalized spacial score (nSPS) is 10.5. The summed E-state index contributed by atoms with van der Waals surface area (Å²) in [6.45, 7) is 1.77. The van der Waals surface area contributed by atoms with Gasteiger partial charge in [0.1, 0.15) is 5.76 Å². The number of nitrogens with one attached hydrogen (secondary N) is 1. The molecule has 7 heteroatoms. The molecule has 0 fully saturated rings. The summed E-state index contributed by atoms with van der Waals surface area (Å²) in [5.74, 6) is 1.88. The third kappa shape index (κ3) is 4.23. The first kappa shape index (κ1) is 18.8. The Hall–Kier alpha value is -2.99. The molecule has 0 spiro atoms. The zero-order chi connectivity index (χ0) is 19.4. The van der Waals surface area contributed by atoms with E-state index in [1.54, 1.807) is 45.4 Å². The summed E-state index contributed by atoms with van der Waals surface area (Å²) in [5, 5.41) is 3.36. The van der Waals surface area contributed by atoms with Gasteiger partial charge in [-0.25, -0.2) is 4.98 Å². The Labute approximate surface area is 162 Å². The van der Waals surface area contributed by atoms with Crippen molar-refractivity contribution in [3.63, 3.8) is 0 Å². The molecule has 0 radical (unpaired) electrons. The van der Waals surface area contributed by atoms with Crippen molar-refractivity contribution in [2.24, 2.45) is 0 Å². The number of aromatic nitrogens is 1. The molecule has 140 valence electrons. The van der Waals surface area contributed by atoms with Crippen LogP contribution in [0.2, 0.25) is 5.02 Å². The van der Waals surface area contributed by atoms with Crippen LogP contribution in [0.1, 0.15) is 11.5 Å². The van der Waals surface area contributed by atoms with E-state index in [9.17, 15) is 4.79 Å². The van der Waals surface area contributed by atoms with E-state index in [-0.39, 0.29) is 12.3 Å². The highest BCUT2D eigenvalue weighted by Crippen LogP contribution is 2.30. The number of hydrogen-bond donors (Lipinski definition) is 1. The summed E-state index contributed by atoms with van der Waals surface area (Å²) < 4.78 is 16.1. The first-order valence-corrected chi connectivity index (χ1v) is 8.62. The molecular formula is C20H19ClN2O4. The van der Waals surface area contributed by atoms with Crippen LogP contribution in [-0.2, 0) is 11.2 Å². The summed E-state index contributed by atoms with van der Waals surface area (Å²) in [5.41, 5.74) is 1.85. The number of nitrogens with zero attached hydrogens (tertiary/aromatic N) is 1. The van der Waals surface area contributed by atoms with Crippen LogP contribution < -0.4 is 14.8 Å². The third-order valence-electron chi connectivity index (χ3n) is 3.99. The molecular weight excluding hydrogens is 368 g/mol. The van der Waals surface area contributed by atoms with Crippen LogP contribution in [0.4, 0.5) is 5.69 Å². The van der Waals surface area contributed by atoms with Gasteiger partial charge in [-0.1, -0.05) is 23.7 Å². The Balaban J connectivity index is 1.74. The van der Waals surface area contributed by atoms with Gasteiger partial charge in [0.25, 0.3) is 0 Å². The summed E-state index contributed by atoms with van der Waals surface area (Å²) in [7, 11) is 3.10. The quantitative estimate of drug-likeness (QED) is 0.675. The van der Waals surface area contributed by atoms with Crippen molar-refractivity contribution in [1.82, 2.24) is 4.98 Å². The summed E-state index contributed by atoms with van der Waals surface area (Å²) in [4.78, 5) is 16.8. The molecule has 0 saturated heterocycles. The predicted molar refractivity (Wildman–Crippen MR) is 104 cm³/mol. The SMILES string of the molecule is COc1ccc(NC(=O)Cc2nc(-c3ccccc3Cl)oc2C)cc1OC. The Morgan fingerprint density at radius 3 is 2.59 bits per heavy atom. The monoisotopic (exact) mass is 386 g/mol. The number of rotatable bonds is 6. The summed E-state index contributed by atoms with van der Waals surface area (Å²) in [6, 6.07) is 12.4. The second kappa shape index (κ2) is 8.14. The molecule has 0 aliphatic carbocycles. The number of benzene rings is 2. The zero-order valence-corrected chi connectivity index (χ0v) is 16.0. The Bertz CT molecular complexity index is 968. The number of aryl methyl sites for hydroxylation is 1. The van der Waals surface area contributed by atoms with E-state index in [1.165, 1.54) is 0 Å². The Morgan fingerprint density at radius 2 is 1.89 bits per heavy atom. The van der Waals surface area contributed by atoms with Crippen molar-refractivity contribution in [3.05, 3.63) is 58.9 Å². The molecule has 0 atom stereocenters. The molecule has 3 rings (SSSR count). The first-order chi connectivity index (χ1) is 13.0. The average molecular weight is 387 g/mol. The van der Waals surface area contributed by atoms with Gasteiger partial charge in [0.05, 0.1) is 36.9 Å². The highest BCUT2D eigenvalue weighted by molar-refractivity contribution is 6.33. The highest BCUT2D eigenvalue weighted by Gasteiger charge is 2.17. The number of carbonyl (C=O) groups is 1. The van der Waals surface area contributed by atoms with Crippen molar-refractivity contribution in [3.8, 4) is 23.0 Å². The number of carbonyl (C=O) groups excluding carboxylic acids is 1. The molecule has 1 heterocycles. The highest BCUT2D eigenvalue weighted by atomic mass is 35.5. The minimum atomic E-state index is -0.218. The third-order valence-corrected chi connectivity index (χ3v) is 4.32. The van der Waals surface area contributed by atoms with Gasteiger partial charge < -0.3 is 19.2 Å². The van der Waals surface area contributed by atoms with Gasteiger partial charge in [0, 0.05) is 11.8 Å². The van der Waals surface area contributed by atoms with E-state index < -0.39 is 0 Å². The van der Waals surface area contributed by atoms with E-state index in [0.717, 1.165) is 0 Å². The Morgan fingerprint density at radius 1 is 1.15 bits per heavy atom. The molecule has 6 nitrogen and oxygen atoms in total. The summed E-state index contributed by atoms with van der Waals surface area (Å²) >= 11 is 6.19. The molecule has 3 aromatic rings. The van der Waals surface area contributed by atoms with Gasteiger partial charge in [0.15, 0.2) is 11.5 Å². The molecule has 0 saturated carbocycles. The number of amides is 1.